The summed E-state index contributed by atoms with van der Waals surface area (Å²) in [4.78, 5) is 5.31. The minimum Gasteiger partial charge on any atom is -0.311 e. The number of para-hydroxylation sites is 3. The van der Waals surface area contributed by atoms with Gasteiger partial charge in [0, 0.05) is 44.9 Å². The molecule has 3 heterocycles. The molecule has 0 N–H and O–H groups in total. The van der Waals surface area contributed by atoms with E-state index in [9.17, 15) is 0 Å². The predicted octanol–water partition coefficient (Wildman–Crippen LogP) is 14.7. The molecule has 512 valence electrons. The van der Waals surface area contributed by atoms with E-state index in [4.69, 9.17) is 0 Å². The Balaban J connectivity index is 0.891. The number of anilines is 6. The van der Waals surface area contributed by atoms with E-state index in [1.165, 1.54) is 95.0 Å². The van der Waals surface area contributed by atoms with Crippen LogP contribution in [0, 0.1) is 0 Å². The molecule has 3 nitrogen and oxygen atoms in total. The summed E-state index contributed by atoms with van der Waals surface area (Å²) in [7, 11) is -9.11. The van der Waals surface area contributed by atoms with Gasteiger partial charge in [-0.25, -0.2) is 0 Å². The number of hydrogen-bond donors (Lipinski definition) is 0. The summed E-state index contributed by atoms with van der Waals surface area (Å²) in [6.45, 7) is -0.185. The molecule has 0 aliphatic carbocycles. The van der Waals surface area contributed by atoms with Crippen molar-refractivity contribution in [1.82, 2.24) is 4.57 Å². The van der Waals surface area contributed by atoms with Crippen LogP contribution in [-0.2, 0) is 0 Å². The number of fused-ring (bicyclic) bond motifs is 7. The average Bonchev–Trinajstić information content (AvgIpc) is 1.45. The molecule has 0 spiro atoms. The van der Waals surface area contributed by atoms with Crippen LogP contribution in [0.4, 0.5) is 34.1 Å². The molecule has 20 rings (SSSR count). The average molecular weight is 1440 g/mol. The summed E-state index contributed by atoms with van der Waals surface area (Å²) in [5.74, 6) is 0. The van der Waals surface area contributed by atoms with Gasteiger partial charge >= 0.3 is 0 Å². The molecule has 0 unspecified atom stereocenters. The predicted molar refractivity (Wildman–Crippen MR) is 471 cm³/mol. The molecule has 17 aromatic carbocycles. The molecule has 0 radical (unpaired) electrons. The van der Waals surface area contributed by atoms with Crippen molar-refractivity contribution in [1.29, 1.82) is 0 Å². The van der Waals surface area contributed by atoms with Crippen molar-refractivity contribution in [3.05, 3.63) is 449 Å². The van der Waals surface area contributed by atoms with Gasteiger partial charge in [0.2, 0.25) is 0 Å². The Morgan fingerprint density at radius 1 is 0.183 bits per heavy atom. The summed E-state index contributed by atoms with van der Waals surface area (Å²) >= 11 is 0. The van der Waals surface area contributed by atoms with Crippen LogP contribution in [0.2, 0.25) is 0 Å². The van der Waals surface area contributed by atoms with E-state index < -0.39 is 24.2 Å². The van der Waals surface area contributed by atoms with Crippen molar-refractivity contribution in [3.63, 3.8) is 0 Å². The largest absolute Gasteiger partial charge is 0.311 e. The third-order valence-corrected chi connectivity index (χ3v) is 37.7. The van der Waals surface area contributed by atoms with Gasteiger partial charge in [-0.05, 0) is 150 Å². The van der Waals surface area contributed by atoms with Crippen molar-refractivity contribution >= 4 is 165 Å². The Morgan fingerprint density at radius 3 is 0.862 bits per heavy atom. The van der Waals surface area contributed by atoms with Crippen LogP contribution < -0.4 is 88.4 Å². The van der Waals surface area contributed by atoms with Gasteiger partial charge in [0.15, 0.2) is 24.2 Å². The van der Waals surface area contributed by atoms with E-state index in [1.54, 1.807) is 0 Å². The van der Waals surface area contributed by atoms with Crippen LogP contribution in [0.25, 0.3) is 38.6 Å². The van der Waals surface area contributed by atoms with Crippen molar-refractivity contribution in [2.75, 3.05) is 9.80 Å². The lowest BCUT2D eigenvalue weighted by Gasteiger charge is -2.45. The van der Waals surface area contributed by atoms with E-state index in [-0.39, 0.29) is 6.71 Å². The fraction of sp³-hybridized carbons (Fsp3) is 0. The number of aromatic nitrogens is 1. The Morgan fingerprint density at radius 2 is 0.477 bits per heavy atom. The van der Waals surface area contributed by atoms with Crippen molar-refractivity contribution in [2.45, 2.75) is 0 Å². The summed E-state index contributed by atoms with van der Waals surface area (Å²) in [5.41, 5.74) is 16.2. The fourth-order valence-corrected chi connectivity index (χ4v) is 33.2. The number of rotatable bonds is 16. The first-order chi connectivity index (χ1) is 54.1. The smallest absolute Gasteiger partial charge is 0.252 e. The molecule has 0 amide bonds. The lowest BCUT2D eigenvalue weighted by Crippen LogP contribution is -2.74. The third kappa shape index (κ3) is 10.5. The maximum absolute atomic E-state index is 3.12. The number of benzene rings is 17. The van der Waals surface area contributed by atoms with Gasteiger partial charge in [-0.15, -0.1) is 0 Å². The van der Waals surface area contributed by atoms with Crippen LogP contribution in [0.3, 0.4) is 0 Å². The van der Waals surface area contributed by atoms with Gasteiger partial charge in [-0.1, -0.05) is 388 Å². The quantitative estimate of drug-likeness (QED) is 0.0706. The standard InChI is InChI=1S/C102H74BN3Si3/c1-10-40-80(41-11-1)107(81-42-12-2-13-43-81,82-44-14-3-15-45-82)89-58-34-37-75(69-89)76-67-68-95-99(70-76)105(78-39-36-60-91(72-78)109(86-52-22-7-23-53-86,87-54-24-8-25-55-87)88-56-26-9-27-57-88)101-74-79(106-96-64-31-28-61-92(96)93-62-29-32-65-97(93)106)73-100-102(101)103(95)94-63-30-33-66-98(94)104(100)77-38-35-59-90(71-77)108(83-46-16-4-17-47-83,84-48-18-5-19-49-84)85-50-20-6-21-51-85/h1-74H. The fourth-order valence-electron chi connectivity index (χ4n) is 18.9. The van der Waals surface area contributed by atoms with Gasteiger partial charge in [0.05, 0.1) is 16.7 Å². The van der Waals surface area contributed by atoms with E-state index in [2.05, 4.69) is 463 Å². The zero-order chi connectivity index (χ0) is 72.3. The summed E-state index contributed by atoms with van der Waals surface area (Å²) in [6, 6.07) is 171. The SMILES string of the molecule is c1ccc([Si](c2ccccc2)(c2ccccc2)c2cccc(-c3ccc4c(c3)N(c3cccc([Si](c5ccccc5)(c5ccccc5)c5ccccc5)c3)c3cc(-n5c6ccccc6c6ccccc65)cc5c3B4c3ccccc3N5c3cccc([Si](c4ccccc4)(c4ccccc4)c4ccccc4)c3)c2)cc1. The van der Waals surface area contributed by atoms with E-state index in [0.29, 0.717) is 0 Å². The summed E-state index contributed by atoms with van der Waals surface area (Å²) < 4.78 is 2.54. The first kappa shape index (κ1) is 65.4. The molecular formula is C102H74BN3Si3. The third-order valence-electron chi connectivity index (χ3n) is 23.4. The van der Waals surface area contributed by atoms with Gasteiger partial charge in [-0.3, -0.25) is 0 Å². The zero-order valence-corrected chi connectivity index (χ0v) is 63.1. The Hall–Kier alpha value is -13.1. The maximum Gasteiger partial charge on any atom is 0.252 e. The second-order valence-corrected chi connectivity index (χ2v) is 40.4. The van der Waals surface area contributed by atoms with Gasteiger partial charge in [0.1, 0.15) is 0 Å². The molecule has 0 fully saturated rings. The molecule has 109 heavy (non-hydrogen) atoms. The Kier molecular flexibility index (Phi) is 16.4. The number of nitrogens with zero attached hydrogens (tertiary/aromatic N) is 3. The maximum atomic E-state index is 2.68. The summed E-state index contributed by atoms with van der Waals surface area (Å²) in [5, 5.41) is 18.4. The monoisotopic (exact) mass is 1440 g/mol. The molecule has 2 aliphatic rings. The van der Waals surface area contributed by atoms with Crippen LogP contribution in [0.1, 0.15) is 0 Å². The highest BCUT2D eigenvalue weighted by molar-refractivity contribution is 7.21. The van der Waals surface area contributed by atoms with E-state index >= 15 is 0 Å². The van der Waals surface area contributed by atoms with Crippen molar-refractivity contribution in [3.8, 4) is 16.8 Å². The second-order valence-electron chi connectivity index (χ2n) is 28.9. The molecule has 1 aromatic heterocycles. The normalized spacial score (nSPS) is 12.5. The summed E-state index contributed by atoms with van der Waals surface area (Å²) in [6.07, 6.45) is 0. The van der Waals surface area contributed by atoms with Gasteiger partial charge < -0.3 is 14.4 Å². The highest BCUT2D eigenvalue weighted by Crippen LogP contribution is 2.47. The highest BCUT2D eigenvalue weighted by Gasteiger charge is 2.48. The second kappa shape index (κ2) is 27.3. The molecule has 0 saturated carbocycles. The number of hydrogen-bond acceptors (Lipinski definition) is 2. The topological polar surface area (TPSA) is 11.4 Å². The zero-order valence-electron chi connectivity index (χ0n) is 60.1. The minimum atomic E-state index is -3.12. The van der Waals surface area contributed by atoms with Crippen LogP contribution >= 0.6 is 0 Å². The van der Waals surface area contributed by atoms with Gasteiger partial charge in [0.25, 0.3) is 6.71 Å². The highest BCUT2D eigenvalue weighted by atomic mass is 28.3. The molecule has 0 saturated heterocycles. The van der Waals surface area contributed by atoms with Crippen LogP contribution in [0.15, 0.2) is 449 Å². The lowest BCUT2D eigenvalue weighted by atomic mass is 9.33. The van der Waals surface area contributed by atoms with E-state index in [0.717, 1.165) is 56.4 Å². The molecule has 0 bridgehead atoms. The van der Waals surface area contributed by atoms with E-state index in [1.807, 2.05) is 0 Å². The lowest BCUT2D eigenvalue weighted by molar-refractivity contribution is 1.16. The first-order valence-corrected chi connectivity index (χ1v) is 43.9. The van der Waals surface area contributed by atoms with Crippen LogP contribution in [-0.4, -0.2) is 35.5 Å². The minimum absolute atomic E-state index is 0.185. The van der Waals surface area contributed by atoms with Crippen molar-refractivity contribution in [2.24, 2.45) is 0 Å². The molecule has 2 aliphatic heterocycles. The Bertz CT molecular complexity index is 6030. The first-order valence-electron chi connectivity index (χ1n) is 37.9. The molecule has 18 aromatic rings. The van der Waals surface area contributed by atoms with Crippen molar-refractivity contribution < 1.29 is 0 Å². The van der Waals surface area contributed by atoms with Gasteiger partial charge in [-0.2, -0.15) is 0 Å². The Labute approximate surface area is 641 Å². The molecular weight excluding hydrogens is 1360 g/mol. The molecule has 0 atom stereocenters. The molecule has 7 heteroatoms. The van der Waals surface area contributed by atoms with Crippen LogP contribution in [0.5, 0.6) is 0 Å².